The molecule has 0 N–H and O–H groups in total. The maximum atomic E-state index is 13.7. The molecule has 178 valence electrons. The number of pyridine rings is 1. The molecule has 3 atom stereocenters. The van der Waals surface area contributed by atoms with Crippen LogP contribution in [0.15, 0.2) is 91.1 Å². The molecule has 0 bridgehead atoms. The molecule has 5 rings (SSSR count). The highest BCUT2D eigenvalue weighted by Gasteiger charge is 2.69. The molecular weight excluding hydrogens is 464 g/mol. The molecular formula is C27H24N2O5S. The number of hydrogen-bond acceptors (Lipinski definition) is 6. The minimum Gasteiger partial charge on any atom is -0.451 e. The Morgan fingerprint density at radius 1 is 1.03 bits per heavy atom. The van der Waals surface area contributed by atoms with Gasteiger partial charge in [0.1, 0.15) is 10.1 Å². The number of hydrogen-bond donors (Lipinski definition) is 0. The van der Waals surface area contributed by atoms with E-state index >= 15 is 0 Å². The Morgan fingerprint density at radius 2 is 1.63 bits per heavy atom. The van der Waals surface area contributed by atoms with E-state index in [9.17, 15) is 18.0 Å². The second-order valence-corrected chi connectivity index (χ2v) is 11.3. The topological polar surface area (TPSA) is 93.6 Å². The van der Waals surface area contributed by atoms with Crippen LogP contribution in [-0.2, 0) is 24.2 Å². The predicted octanol–water partition coefficient (Wildman–Crippen LogP) is 3.54. The first kappa shape index (κ1) is 23.0. The van der Waals surface area contributed by atoms with Gasteiger partial charge in [-0.2, -0.15) is 0 Å². The molecule has 3 heterocycles. The normalized spacial score (nSPS) is 24.9. The lowest BCUT2D eigenvalue weighted by atomic mass is 9.95. The Labute approximate surface area is 204 Å². The molecule has 35 heavy (non-hydrogen) atoms. The second kappa shape index (κ2) is 8.78. The van der Waals surface area contributed by atoms with Gasteiger partial charge in [-0.25, -0.2) is 13.2 Å². The van der Waals surface area contributed by atoms with Gasteiger partial charge >= 0.3 is 5.97 Å². The van der Waals surface area contributed by atoms with Crippen molar-refractivity contribution in [1.82, 2.24) is 9.88 Å². The van der Waals surface area contributed by atoms with E-state index < -0.39 is 38.1 Å². The minimum absolute atomic E-state index is 0.139. The molecule has 2 aliphatic heterocycles. The van der Waals surface area contributed by atoms with Crippen LogP contribution in [0.3, 0.4) is 0 Å². The smallest absolute Gasteiger partial charge is 0.331 e. The van der Waals surface area contributed by atoms with Crippen molar-refractivity contribution in [2.24, 2.45) is 0 Å². The van der Waals surface area contributed by atoms with Gasteiger partial charge in [-0.15, -0.1) is 0 Å². The fourth-order valence-corrected chi connectivity index (χ4v) is 6.98. The van der Waals surface area contributed by atoms with E-state index in [1.165, 1.54) is 13.0 Å². The summed E-state index contributed by atoms with van der Waals surface area (Å²) >= 11 is 0. The third-order valence-corrected chi connectivity index (χ3v) is 9.37. The number of sulfone groups is 1. The highest BCUT2D eigenvalue weighted by molar-refractivity contribution is 7.94. The SMILES string of the molecule is C[C@]1(C=Cc2ccccn2)[C@H](C(=O)OC(c2ccccc2)c2ccccc2)N2C(=O)C[C@H]2S1(=O)=O. The summed E-state index contributed by atoms with van der Waals surface area (Å²) in [6.45, 7) is 1.47. The first-order chi connectivity index (χ1) is 16.8. The molecule has 1 aromatic heterocycles. The highest BCUT2D eigenvalue weighted by atomic mass is 32.2. The molecule has 0 aliphatic carbocycles. The summed E-state index contributed by atoms with van der Waals surface area (Å²) in [6, 6.07) is 22.4. The average molecular weight is 489 g/mol. The number of ether oxygens (including phenoxy) is 1. The van der Waals surface area contributed by atoms with Gasteiger partial charge in [0.25, 0.3) is 0 Å². The molecule has 0 saturated carbocycles. The van der Waals surface area contributed by atoms with Crippen molar-refractivity contribution >= 4 is 27.8 Å². The van der Waals surface area contributed by atoms with Gasteiger partial charge in [-0.3, -0.25) is 9.78 Å². The molecule has 2 aromatic carbocycles. The van der Waals surface area contributed by atoms with Crippen molar-refractivity contribution < 1.29 is 22.7 Å². The Kier molecular flexibility index (Phi) is 5.76. The third-order valence-electron chi connectivity index (χ3n) is 6.67. The largest absolute Gasteiger partial charge is 0.451 e. The van der Waals surface area contributed by atoms with Crippen LogP contribution in [0, 0.1) is 0 Å². The first-order valence-corrected chi connectivity index (χ1v) is 12.8. The van der Waals surface area contributed by atoms with Gasteiger partial charge in [-0.1, -0.05) is 72.8 Å². The summed E-state index contributed by atoms with van der Waals surface area (Å²) in [6.07, 6.45) is 3.73. The number of esters is 1. The standard InChI is InChI=1S/C27H24N2O5S/c1-27(16-15-21-14-8-9-17-28-21)25(29-22(30)18-23(29)35(27,32)33)26(31)34-24(19-10-4-2-5-11-19)20-12-6-3-7-13-20/h2-17,23-25H,18H2,1H3/t23-,25+,27+/m1/s1. The number of β-lactam (4-membered cyclic amide) rings is 1. The fraction of sp³-hybridized carbons (Fsp3) is 0.222. The van der Waals surface area contributed by atoms with E-state index in [2.05, 4.69) is 4.98 Å². The van der Waals surface area contributed by atoms with Gasteiger partial charge in [0.15, 0.2) is 22.0 Å². The molecule has 0 unspecified atom stereocenters. The van der Waals surface area contributed by atoms with Crippen LogP contribution in [0.1, 0.15) is 36.3 Å². The molecule has 3 aromatic rings. The molecule has 2 aliphatic rings. The van der Waals surface area contributed by atoms with Crippen LogP contribution >= 0.6 is 0 Å². The van der Waals surface area contributed by atoms with Gasteiger partial charge in [0.2, 0.25) is 5.91 Å². The minimum atomic E-state index is -3.90. The number of nitrogens with zero attached hydrogens (tertiary/aromatic N) is 2. The molecule has 8 heteroatoms. The number of amides is 1. The second-order valence-electron chi connectivity index (χ2n) is 8.82. The van der Waals surface area contributed by atoms with E-state index in [-0.39, 0.29) is 12.3 Å². The summed E-state index contributed by atoms with van der Waals surface area (Å²) in [5.41, 5.74) is 2.03. The maximum absolute atomic E-state index is 13.7. The highest BCUT2D eigenvalue weighted by Crippen LogP contribution is 2.48. The summed E-state index contributed by atoms with van der Waals surface area (Å²) < 4.78 is 31.4. The number of aromatic nitrogens is 1. The number of benzene rings is 2. The van der Waals surface area contributed by atoms with Crippen LogP contribution in [0.4, 0.5) is 0 Å². The zero-order chi connectivity index (χ0) is 24.6. The van der Waals surface area contributed by atoms with Crippen molar-refractivity contribution in [3.8, 4) is 0 Å². The average Bonchev–Trinajstić information content (AvgIpc) is 3.02. The monoisotopic (exact) mass is 488 g/mol. The van der Waals surface area contributed by atoms with Crippen molar-refractivity contribution in [3.05, 3.63) is 108 Å². The van der Waals surface area contributed by atoms with Crippen LogP contribution in [0.2, 0.25) is 0 Å². The first-order valence-electron chi connectivity index (χ1n) is 11.3. The summed E-state index contributed by atoms with van der Waals surface area (Å²) in [5, 5.41) is -1.04. The van der Waals surface area contributed by atoms with E-state index in [1.54, 1.807) is 30.5 Å². The lowest BCUT2D eigenvalue weighted by Gasteiger charge is -2.36. The van der Waals surface area contributed by atoms with Crippen molar-refractivity contribution in [2.45, 2.75) is 35.6 Å². The van der Waals surface area contributed by atoms with Crippen LogP contribution in [-0.4, -0.2) is 46.3 Å². The lowest BCUT2D eigenvalue weighted by Crippen LogP contribution is -2.57. The maximum Gasteiger partial charge on any atom is 0.331 e. The Bertz CT molecular complexity index is 1340. The number of fused-ring (bicyclic) bond motifs is 1. The zero-order valence-electron chi connectivity index (χ0n) is 19.0. The van der Waals surface area contributed by atoms with Gasteiger partial charge in [0.05, 0.1) is 12.1 Å². The number of carbonyl (C=O) groups is 2. The molecule has 2 saturated heterocycles. The Hall–Kier alpha value is -3.78. The van der Waals surface area contributed by atoms with E-state index in [1.807, 2.05) is 60.7 Å². The van der Waals surface area contributed by atoms with E-state index in [4.69, 9.17) is 4.74 Å². The molecule has 0 spiro atoms. The van der Waals surface area contributed by atoms with Crippen LogP contribution in [0.5, 0.6) is 0 Å². The predicted molar refractivity (Wildman–Crippen MR) is 130 cm³/mol. The number of carbonyl (C=O) groups excluding carboxylic acids is 2. The van der Waals surface area contributed by atoms with Crippen LogP contribution in [0.25, 0.3) is 6.08 Å². The van der Waals surface area contributed by atoms with Crippen molar-refractivity contribution in [3.63, 3.8) is 0 Å². The van der Waals surface area contributed by atoms with Crippen LogP contribution < -0.4 is 0 Å². The zero-order valence-corrected chi connectivity index (χ0v) is 19.8. The summed E-state index contributed by atoms with van der Waals surface area (Å²) in [4.78, 5) is 31.6. The van der Waals surface area contributed by atoms with E-state index in [0.717, 1.165) is 16.0 Å². The van der Waals surface area contributed by atoms with Gasteiger partial charge in [0, 0.05) is 6.20 Å². The van der Waals surface area contributed by atoms with Crippen molar-refractivity contribution in [2.75, 3.05) is 0 Å². The Morgan fingerprint density at radius 3 is 2.17 bits per heavy atom. The summed E-state index contributed by atoms with van der Waals surface area (Å²) in [5.74, 6) is -1.15. The fourth-order valence-electron chi connectivity index (χ4n) is 4.72. The van der Waals surface area contributed by atoms with Gasteiger partial charge in [-0.05, 0) is 36.3 Å². The Balaban J connectivity index is 1.54. The number of rotatable bonds is 6. The molecule has 1 amide bonds. The third kappa shape index (κ3) is 3.83. The summed E-state index contributed by atoms with van der Waals surface area (Å²) in [7, 11) is -3.90. The molecule has 2 fully saturated rings. The molecule has 7 nitrogen and oxygen atoms in total. The lowest BCUT2D eigenvalue weighted by molar-refractivity contribution is -0.163. The quantitative estimate of drug-likeness (QED) is 0.389. The van der Waals surface area contributed by atoms with E-state index in [0.29, 0.717) is 5.69 Å². The van der Waals surface area contributed by atoms with Gasteiger partial charge < -0.3 is 9.64 Å². The van der Waals surface area contributed by atoms with Crippen molar-refractivity contribution in [1.29, 1.82) is 0 Å². The molecule has 0 radical (unpaired) electrons.